The number of pyridine rings is 1. The van der Waals surface area contributed by atoms with Crippen molar-refractivity contribution in [1.82, 2.24) is 14.7 Å². The third-order valence-corrected chi connectivity index (χ3v) is 4.23. The Labute approximate surface area is 152 Å². The smallest absolute Gasteiger partial charge is 0.251 e. The van der Waals surface area contributed by atoms with Gasteiger partial charge >= 0.3 is 0 Å². The number of hydrogen-bond donors (Lipinski definition) is 2. The van der Waals surface area contributed by atoms with Gasteiger partial charge in [-0.1, -0.05) is 31.5 Å². The first-order valence-electron chi connectivity index (χ1n) is 8.53. The summed E-state index contributed by atoms with van der Waals surface area (Å²) < 4.78 is 4.37. The molecule has 0 aliphatic rings. The van der Waals surface area contributed by atoms with Gasteiger partial charge < -0.3 is 10.6 Å². The molecule has 0 aliphatic carbocycles. The average molecular weight is 356 g/mol. The number of aromatic nitrogens is 2. The number of rotatable bonds is 6. The van der Waals surface area contributed by atoms with Crippen LogP contribution in [-0.4, -0.2) is 28.4 Å². The van der Waals surface area contributed by atoms with Crippen molar-refractivity contribution in [3.63, 3.8) is 0 Å². The van der Waals surface area contributed by atoms with Gasteiger partial charge in [0.15, 0.2) is 0 Å². The van der Waals surface area contributed by atoms with E-state index >= 15 is 0 Å². The van der Waals surface area contributed by atoms with Crippen LogP contribution in [0.1, 0.15) is 36.2 Å². The second-order valence-corrected chi connectivity index (χ2v) is 6.04. The quantitative estimate of drug-likeness (QED) is 0.648. The molecule has 0 aliphatic heterocycles. The highest BCUT2D eigenvalue weighted by Gasteiger charge is 2.06. The van der Waals surface area contributed by atoms with Crippen molar-refractivity contribution in [3.05, 3.63) is 53.7 Å². The Morgan fingerprint density at radius 1 is 1.16 bits per heavy atom. The summed E-state index contributed by atoms with van der Waals surface area (Å²) in [5.41, 5.74) is 1.79. The summed E-state index contributed by atoms with van der Waals surface area (Å²) in [5, 5.41) is 7.28. The van der Waals surface area contributed by atoms with Crippen molar-refractivity contribution >= 4 is 33.5 Å². The minimum atomic E-state index is -0.0305. The van der Waals surface area contributed by atoms with Gasteiger partial charge in [0.25, 0.3) is 5.91 Å². The molecule has 3 aromatic rings. The molecule has 0 bridgehead atoms. The van der Waals surface area contributed by atoms with Crippen molar-refractivity contribution in [2.24, 2.45) is 0 Å². The molecule has 132 valence electrons. The predicted octanol–water partition coefficient (Wildman–Crippen LogP) is 4.26. The van der Waals surface area contributed by atoms with Crippen molar-refractivity contribution in [2.75, 3.05) is 18.4 Å². The van der Waals surface area contributed by atoms with E-state index in [1.54, 1.807) is 6.20 Å². The lowest BCUT2D eigenvalue weighted by atomic mass is 10.1. The summed E-state index contributed by atoms with van der Waals surface area (Å²) in [6.45, 7) is 7.36. The number of anilines is 1. The first kappa shape index (κ1) is 18.9. The first-order chi connectivity index (χ1) is 12.2. The average Bonchev–Trinajstić information content (AvgIpc) is 3.06. The number of aryl methyl sites for hydroxylation is 1. The minimum Gasteiger partial charge on any atom is -0.369 e. The van der Waals surface area contributed by atoms with Gasteiger partial charge in [0, 0.05) is 24.8 Å². The molecule has 1 amide bonds. The molecular weight excluding hydrogens is 332 g/mol. The highest BCUT2D eigenvalue weighted by molar-refractivity contribution is 7.13. The van der Waals surface area contributed by atoms with Gasteiger partial charge in [-0.3, -0.25) is 4.79 Å². The van der Waals surface area contributed by atoms with E-state index in [-0.39, 0.29) is 5.91 Å². The van der Waals surface area contributed by atoms with Crippen LogP contribution >= 0.6 is 11.5 Å². The van der Waals surface area contributed by atoms with Crippen LogP contribution in [0.4, 0.5) is 5.82 Å². The second-order valence-electron chi connectivity index (χ2n) is 5.29. The van der Waals surface area contributed by atoms with E-state index in [2.05, 4.69) is 20.0 Å². The lowest BCUT2D eigenvalue weighted by Crippen LogP contribution is -2.25. The van der Waals surface area contributed by atoms with E-state index in [1.165, 1.54) is 11.5 Å². The summed E-state index contributed by atoms with van der Waals surface area (Å²) in [6, 6.07) is 11.5. The molecule has 3 rings (SSSR count). The molecule has 6 heteroatoms. The molecule has 0 unspecified atom stereocenters. The van der Waals surface area contributed by atoms with Crippen molar-refractivity contribution in [2.45, 2.75) is 27.2 Å². The van der Waals surface area contributed by atoms with Gasteiger partial charge in [0.05, 0.1) is 5.39 Å². The standard InChI is InChI=1S/C17H18N4OS.C2H6/c1-12-5-2-6-13(11-12)16(22)19-10-4-9-18-15-14-7-3-8-20-17(14)23-21-15;1-2/h2-3,5-8,11H,4,9-10H2,1H3,(H,18,21)(H,19,22);1-2H3. The molecule has 2 N–H and O–H groups in total. The molecule has 2 heterocycles. The van der Waals surface area contributed by atoms with Crippen molar-refractivity contribution < 1.29 is 4.79 Å². The highest BCUT2D eigenvalue weighted by atomic mass is 32.1. The summed E-state index contributed by atoms with van der Waals surface area (Å²) in [4.78, 5) is 17.2. The molecule has 0 fully saturated rings. The van der Waals surface area contributed by atoms with Crippen LogP contribution in [0.2, 0.25) is 0 Å². The molecule has 0 saturated carbocycles. The fourth-order valence-electron chi connectivity index (χ4n) is 2.29. The fourth-order valence-corrected chi connectivity index (χ4v) is 3.01. The van der Waals surface area contributed by atoms with E-state index in [0.29, 0.717) is 12.1 Å². The lowest BCUT2D eigenvalue weighted by Gasteiger charge is -2.07. The predicted molar refractivity (Wildman–Crippen MR) is 105 cm³/mol. The number of carbonyl (C=O) groups is 1. The Morgan fingerprint density at radius 3 is 2.80 bits per heavy atom. The van der Waals surface area contributed by atoms with Gasteiger partial charge in [-0.15, -0.1) is 0 Å². The normalized spacial score (nSPS) is 10.0. The Morgan fingerprint density at radius 2 is 2.00 bits per heavy atom. The zero-order valence-electron chi connectivity index (χ0n) is 14.9. The monoisotopic (exact) mass is 356 g/mol. The van der Waals surface area contributed by atoms with Crippen molar-refractivity contribution in [1.29, 1.82) is 0 Å². The van der Waals surface area contributed by atoms with Crippen LogP contribution < -0.4 is 10.6 Å². The highest BCUT2D eigenvalue weighted by Crippen LogP contribution is 2.23. The van der Waals surface area contributed by atoms with Gasteiger partial charge in [-0.2, -0.15) is 4.37 Å². The Bertz CT molecular complexity index is 816. The number of nitrogens with one attached hydrogen (secondary N) is 2. The van der Waals surface area contributed by atoms with E-state index in [0.717, 1.165) is 34.6 Å². The summed E-state index contributed by atoms with van der Waals surface area (Å²) in [5.74, 6) is 0.833. The Kier molecular flexibility index (Phi) is 7.35. The van der Waals surface area contributed by atoms with E-state index in [4.69, 9.17) is 0 Å². The van der Waals surface area contributed by atoms with E-state index in [1.807, 2.05) is 57.2 Å². The van der Waals surface area contributed by atoms with Crippen LogP contribution in [0.3, 0.4) is 0 Å². The third kappa shape index (κ3) is 5.26. The van der Waals surface area contributed by atoms with Gasteiger partial charge in [0.2, 0.25) is 0 Å². The minimum absolute atomic E-state index is 0.0305. The molecule has 0 radical (unpaired) electrons. The summed E-state index contributed by atoms with van der Waals surface area (Å²) in [7, 11) is 0. The summed E-state index contributed by atoms with van der Waals surface area (Å²) >= 11 is 1.39. The maximum atomic E-state index is 12.0. The third-order valence-electron chi connectivity index (χ3n) is 3.46. The van der Waals surface area contributed by atoms with E-state index < -0.39 is 0 Å². The van der Waals surface area contributed by atoms with Crippen molar-refractivity contribution in [3.8, 4) is 0 Å². The van der Waals surface area contributed by atoms with Crippen LogP contribution in [0.15, 0.2) is 42.6 Å². The number of amides is 1. The zero-order valence-corrected chi connectivity index (χ0v) is 15.7. The lowest BCUT2D eigenvalue weighted by molar-refractivity contribution is 0.0953. The fraction of sp³-hybridized carbons (Fsp3) is 0.316. The molecule has 25 heavy (non-hydrogen) atoms. The van der Waals surface area contributed by atoms with Crippen LogP contribution in [0, 0.1) is 6.92 Å². The topological polar surface area (TPSA) is 66.9 Å². The Hall–Kier alpha value is -2.47. The zero-order chi connectivity index (χ0) is 18.1. The number of benzene rings is 1. The van der Waals surface area contributed by atoms with Crippen LogP contribution in [0.5, 0.6) is 0 Å². The molecule has 2 aromatic heterocycles. The second kappa shape index (κ2) is 9.74. The first-order valence-corrected chi connectivity index (χ1v) is 9.30. The van der Waals surface area contributed by atoms with Crippen LogP contribution in [0.25, 0.3) is 10.2 Å². The SMILES string of the molecule is CC.Cc1cccc(C(=O)NCCCNc2nsc3ncccc23)c1. The van der Waals surface area contributed by atoms with E-state index in [9.17, 15) is 4.79 Å². The number of nitrogens with zero attached hydrogens (tertiary/aromatic N) is 2. The van der Waals surface area contributed by atoms with Crippen LogP contribution in [-0.2, 0) is 0 Å². The van der Waals surface area contributed by atoms with Gasteiger partial charge in [0.1, 0.15) is 10.6 Å². The molecular formula is C19H24N4OS. The number of hydrogen-bond acceptors (Lipinski definition) is 5. The number of fused-ring (bicyclic) bond motifs is 1. The summed E-state index contributed by atoms with van der Waals surface area (Å²) in [6.07, 6.45) is 2.60. The maximum Gasteiger partial charge on any atom is 0.251 e. The Balaban J connectivity index is 0.00000109. The maximum absolute atomic E-state index is 12.0. The van der Waals surface area contributed by atoms with Gasteiger partial charge in [-0.25, -0.2) is 4.98 Å². The molecule has 1 aromatic carbocycles. The molecule has 0 spiro atoms. The molecule has 5 nitrogen and oxygen atoms in total. The van der Waals surface area contributed by atoms with Gasteiger partial charge in [-0.05, 0) is 49.1 Å². The molecule has 0 saturated heterocycles. The number of carbonyl (C=O) groups excluding carboxylic acids is 1. The molecule has 0 atom stereocenters. The largest absolute Gasteiger partial charge is 0.369 e.